The molecule has 4 heteroatoms. The van der Waals surface area contributed by atoms with Gasteiger partial charge in [-0.3, -0.25) is 4.79 Å². The molecular weight excluding hydrogens is 280 g/mol. The highest BCUT2D eigenvalue weighted by Gasteiger charge is 2.21. The summed E-state index contributed by atoms with van der Waals surface area (Å²) in [5.74, 6) is 0.491. The lowest BCUT2D eigenvalue weighted by atomic mass is 10.1. The summed E-state index contributed by atoms with van der Waals surface area (Å²) < 4.78 is 0.611. The molecule has 1 aromatic rings. The van der Waals surface area contributed by atoms with E-state index in [1.807, 2.05) is 18.7 Å². The minimum Gasteiger partial charge on any atom is -0.336 e. The van der Waals surface area contributed by atoms with Gasteiger partial charge in [-0.25, -0.2) is 4.98 Å². The molecule has 0 aliphatic heterocycles. The van der Waals surface area contributed by atoms with Crippen LogP contribution in [0.15, 0.2) is 22.9 Å². The Bertz CT molecular complexity index is 391. The van der Waals surface area contributed by atoms with Crippen LogP contribution in [-0.4, -0.2) is 28.4 Å². The minimum atomic E-state index is 0.0358. The topological polar surface area (TPSA) is 33.2 Å². The summed E-state index contributed by atoms with van der Waals surface area (Å²) in [5.41, 5.74) is 0.627. The van der Waals surface area contributed by atoms with Crippen LogP contribution in [0.5, 0.6) is 0 Å². The van der Waals surface area contributed by atoms with E-state index in [0.29, 0.717) is 16.1 Å². The maximum atomic E-state index is 12.4. The Labute approximate surface area is 111 Å². The molecule has 0 bridgehead atoms. The van der Waals surface area contributed by atoms with Crippen molar-refractivity contribution in [3.05, 3.63) is 28.5 Å². The number of aromatic nitrogens is 1. The van der Waals surface area contributed by atoms with Crippen molar-refractivity contribution in [1.82, 2.24) is 9.88 Å². The largest absolute Gasteiger partial charge is 0.336 e. The van der Waals surface area contributed by atoms with E-state index in [-0.39, 0.29) is 11.9 Å². The molecule has 0 aliphatic rings. The predicted molar refractivity (Wildman–Crippen MR) is 72.9 cm³/mol. The summed E-state index contributed by atoms with van der Waals surface area (Å²) in [6.07, 6.45) is 1.67. The number of carbonyl (C=O) groups excluding carboxylic acids is 1. The molecule has 17 heavy (non-hydrogen) atoms. The van der Waals surface area contributed by atoms with Crippen LogP contribution in [0, 0.1) is 5.92 Å². The first kappa shape index (κ1) is 14.2. The summed E-state index contributed by atoms with van der Waals surface area (Å²) in [6.45, 7) is 9.05. The molecule has 0 aromatic carbocycles. The molecule has 1 amide bonds. The Hall–Kier alpha value is -0.900. The zero-order chi connectivity index (χ0) is 13.0. The van der Waals surface area contributed by atoms with Gasteiger partial charge in [0, 0.05) is 18.8 Å². The second-order valence-corrected chi connectivity index (χ2v) is 5.54. The quantitative estimate of drug-likeness (QED) is 0.799. The molecule has 0 saturated heterocycles. The maximum Gasteiger partial charge on any atom is 0.256 e. The zero-order valence-corrected chi connectivity index (χ0v) is 12.4. The number of halogens is 1. The first-order chi connectivity index (χ1) is 7.93. The number of carbonyl (C=O) groups is 1. The number of hydrogen-bond donors (Lipinski definition) is 0. The van der Waals surface area contributed by atoms with Gasteiger partial charge in [-0.15, -0.1) is 0 Å². The third-order valence-corrected chi connectivity index (χ3v) is 3.07. The van der Waals surface area contributed by atoms with Gasteiger partial charge in [0.25, 0.3) is 5.91 Å². The average molecular weight is 299 g/mol. The number of hydrogen-bond acceptors (Lipinski definition) is 2. The smallest absolute Gasteiger partial charge is 0.256 e. The SMILES string of the molecule is CC(C)CN(C(=O)c1cccnc1Br)C(C)C. The molecule has 1 heterocycles. The summed E-state index contributed by atoms with van der Waals surface area (Å²) in [5, 5.41) is 0. The summed E-state index contributed by atoms with van der Waals surface area (Å²) in [4.78, 5) is 18.4. The zero-order valence-electron chi connectivity index (χ0n) is 10.8. The fourth-order valence-corrected chi connectivity index (χ4v) is 2.04. The first-order valence-electron chi connectivity index (χ1n) is 5.85. The van der Waals surface area contributed by atoms with Gasteiger partial charge in [0.15, 0.2) is 0 Å². The van der Waals surface area contributed by atoms with E-state index in [4.69, 9.17) is 0 Å². The van der Waals surface area contributed by atoms with Crippen LogP contribution in [0.1, 0.15) is 38.1 Å². The van der Waals surface area contributed by atoms with Crippen molar-refractivity contribution in [3.63, 3.8) is 0 Å². The molecule has 3 nitrogen and oxygen atoms in total. The van der Waals surface area contributed by atoms with Gasteiger partial charge in [0.05, 0.1) is 5.56 Å². The van der Waals surface area contributed by atoms with Gasteiger partial charge in [0.1, 0.15) is 4.60 Å². The van der Waals surface area contributed by atoms with E-state index in [2.05, 4.69) is 34.8 Å². The van der Waals surface area contributed by atoms with Crippen LogP contribution < -0.4 is 0 Å². The fourth-order valence-electron chi connectivity index (χ4n) is 1.62. The summed E-state index contributed by atoms with van der Waals surface area (Å²) in [6, 6.07) is 3.78. The van der Waals surface area contributed by atoms with Gasteiger partial charge in [-0.1, -0.05) is 13.8 Å². The molecule has 1 rings (SSSR count). The molecule has 0 fully saturated rings. The molecule has 0 saturated carbocycles. The number of nitrogens with zero attached hydrogens (tertiary/aromatic N) is 2. The molecular formula is C13H19BrN2O. The maximum absolute atomic E-state index is 12.4. The highest BCUT2D eigenvalue weighted by molar-refractivity contribution is 9.10. The average Bonchev–Trinajstić information content (AvgIpc) is 2.25. The molecule has 0 spiro atoms. The van der Waals surface area contributed by atoms with Crippen LogP contribution in [0.2, 0.25) is 0 Å². The van der Waals surface area contributed by atoms with E-state index in [0.717, 1.165) is 6.54 Å². The van der Waals surface area contributed by atoms with Crippen molar-refractivity contribution >= 4 is 21.8 Å². The Morgan fingerprint density at radius 3 is 2.53 bits per heavy atom. The van der Waals surface area contributed by atoms with Gasteiger partial charge in [0.2, 0.25) is 0 Å². The van der Waals surface area contributed by atoms with Crippen molar-refractivity contribution in [3.8, 4) is 0 Å². The lowest BCUT2D eigenvalue weighted by Gasteiger charge is -2.28. The van der Waals surface area contributed by atoms with Crippen molar-refractivity contribution in [1.29, 1.82) is 0 Å². The first-order valence-corrected chi connectivity index (χ1v) is 6.64. The molecule has 0 radical (unpaired) electrons. The molecule has 0 unspecified atom stereocenters. The monoisotopic (exact) mass is 298 g/mol. The van der Waals surface area contributed by atoms with Crippen LogP contribution in [0.25, 0.3) is 0 Å². The van der Waals surface area contributed by atoms with Gasteiger partial charge < -0.3 is 4.90 Å². The lowest BCUT2D eigenvalue weighted by molar-refractivity contribution is 0.0680. The van der Waals surface area contributed by atoms with Crippen molar-refractivity contribution in [2.75, 3.05) is 6.54 Å². The Morgan fingerprint density at radius 1 is 1.41 bits per heavy atom. The second kappa shape index (κ2) is 6.15. The van der Waals surface area contributed by atoms with Crippen LogP contribution in [0.4, 0.5) is 0 Å². The van der Waals surface area contributed by atoms with Gasteiger partial charge in [-0.2, -0.15) is 0 Å². The van der Waals surface area contributed by atoms with Crippen LogP contribution in [0.3, 0.4) is 0 Å². The second-order valence-electron chi connectivity index (χ2n) is 4.79. The van der Waals surface area contributed by atoms with E-state index < -0.39 is 0 Å². The van der Waals surface area contributed by atoms with Gasteiger partial charge in [-0.05, 0) is 47.8 Å². The van der Waals surface area contributed by atoms with E-state index in [1.165, 1.54) is 0 Å². The normalized spacial score (nSPS) is 11.0. The van der Waals surface area contributed by atoms with Crippen LogP contribution in [-0.2, 0) is 0 Å². The molecule has 94 valence electrons. The molecule has 0 N–H and O–H groups in total. The Morgan fingerprint density at radius 2 is 2.06 bits per heavy atom. The molecule has 0 atom stereocenters. The third kappa shape index (κ3) is 3.80. The highest BCUT2D eigenvalue weighted by Crippen LogP contribution is 2.17. The van der Waals surface area contributed by atoms with Crippen LogP contribution >= 0.6 is 15.9 Å². The minimum absolute atomic E-state index is 0.0358. The summed E-state index contributed by atoms with van der Waals surface area (Å²) in [7, 11) is 0. The highest BCUT2D eigenvalue weighted by atomic mass is 79.9. The summed E-state index contributed by atoms with van der Waals surface area (Å²) >= 11 is 3.32. The molecule has 1 aromatic heterocycles. The third-order valence-electron chi connectivity index (χ3n) is 2.44. The predicted octanol–water partition coefficient (Wildman–Crippen LogP) is 3.35. The van der Waals surface area contributed by atoms with Crippen molar-refractivity contribution in [2.45, 2.75) is 33.7 Å². The number of pyridine rings is 1. The van der Waals surface area contributed by atoms with Gasteiger partial charge >= 0.3 is 0 Å². The lowest BCUT2D eigenvalue weighted by Crippen LogP contribution is -2.39. The fraction of sp³-hybridized carbons (Fsp3) is 0.538. The number of rotatable bonds is 4. The molecule has 0 aliphatic carbocycles. The number of amides is 1. The van der Waals surface area contributed by atoms with Crippen molar-refractivity contribution < 1.29 is 4.79 Å². The Balaban J connectivity index is 2.96. The van der Waals surface area contributed by atoms with E-state index in [9.17, 15) is 4.79 Å². The van der Waals surface area contributed by atoms with E-state index in [1.54, 1.807) is 18.3 Å². The van der Waals surface area contributed by atoms with Crippen molar-refractivity contribution in [2.24, 2.45) is 5.92 Å². The standard InChI is InChI=1S/C13H19BrN2O/c1-9(2)8-16(10(3)4)13(17)11-6-5-7-15-12(11)14/h5-7,9-10H,8H2,1-4H3. The Kier molecular flexibility index (Phi) is 5.12. The van der Waals surface area contributed by atoms with E-state index >= 15 is 0 Å².